The molecule has 2 aromatic carbocycles. The third kappa shape index (κ3) is 3.09. The van der Waals surface area contributed by atoms with E-state index in [1.807, 2.05) is 6.07 Å². The molecule has 1 saturated carbocycles. The quantitative estimate of drug-likeness (QED) is 0.884. The molecule has 0 amide bonds. The van der Waals surface area contributed by atoms with Crippen LogP contribution in [0, 0.1) is 5.92 Å². The van der Waals surface area contributed by atoms with E-state index in [0.29, 0.717) is 12.8 Å². The highest BCUT2D eigenvalue weighted by Gasteiger charge is 2.31. The second-order valence-corrected chi connectivity index (χ2v) is 6.20. The van der Waals surface area contributed by atoms with Gasteiger partial charge in [0, 0.05) is 12.6 Å². The smallest absolute Gasteiger partial charge is 0.231 e. The third-order valence-corrected chi connectivity index (χ3v) is 4.49. The molecule has 0 aromatic heterocycles. The molecule has 1 atom stereocenters. The molecule has 0 saturated heterocycles. The van der Waals surface area contributed by atoms with Gasteiger partial charge in [-0.05, 0) is 48.4 Å². The number of hydrogen-bond acceptors (Lipinski definition) is 3. The summed E-state index contributed by atoms with van der Waals surface area (Å²) in [6.07, 6.45) is 3.74. The maximum absolute atomic E-state index is 5.48. The van der Waals surface area contributed by atoms with Gasteiger partial charge < -0.3 is 14.8 Å². The second kappa shape index (κ2) is 6.01. The van der Waals surface area contributed by atoms with Crippen molar-refractivity contribution >= 4 is 0 Å². The Morgan fingerprint density at radius 1 is 0.955 bits per heavy atom. The number of benzene rings is 2. The molecule has 1 aliphatic heterocycles. The molecule has 22 heavy (non-hydrogen) atoms. The molecule has 1 heterocycles. The first-order valence-corrected chi connectivity index (χ1v) is 8.04. The fourth-order valence-electron chi connectivity index (χ4n) is 3.07. The number of fused-ring (bicyclic) bond motifs is 1. The first kappa shape index (κ1) is 13.6. The Morgan fingerprint density at radius 3 is 2.59 bits per heavy atom. The van der Waals surface area contributed by atoms with E-state index in [9.17, 15) is 0 Å². The third-order valence-electron chi connectivity index (χ3n) is 4.49. The monoisotopic (exact) mass is 295 g/mol. The molecule has 0 bridgehead atoms. The molecule has 2 aromatic rings. The van der Waals surface area contributed by atoms with Crippen LogP contribution in [0.4, 0.5) is 0 Å². The van der Waals surface area contributed by atoms with E-state index in [1.54, 1.807) is 0 Å². The predicted molar refractivity (Wildman–Crippen MR) is 86.1 cm³/mol. The van der Waals surface area contributed by atoms with Gasteiger partial charge in [0.05, 0.1) is 0 Å². The van der Waals surface area contributed by atoms with Crippen molar-refractivity contribution in [3.8, 4) is 11.5 Å². The maximum atomic E-state index is 5.48. The summed E-state index contributed by atoms with van der Waals surface area (Å²) >= 11 is 0. The molecule has 0 spiro atoms. The lowest BCUT2D eigenvalue weighted by molar-refractivity contribution is 0.174. The fraction of sp³-hybridized carbons (Fsp3) is 0.368. The minimum atomic E-state index is 0.344. The van der Waals surface area contributed by atoms with Crippen molar-refractivity contribution in [3.63, 3.8) is 0 Å². The number of ether oxygens (including phenoxy) is 2. The van der Waals surface area contributed by atoms with Gasteiger partial charge in [0.2, 0.25) is 6.79 Å². The summed E-state index contributed by atoms with van der Waals surface area (Å²) in [6.45, 7) is 1.28. The van der Waals surface area contributed by atoms with E-state index >= 15 is 0 Å². The molecule has 1 N–H and O–H groups in total. The Kier molecular flexibility index (Phi) is 3.73. The Morgan fingerprint density at radius 2 is 1.77 bits per heavy atom. The van der Waals surface area contributed by atoms with Gasteiger partial charge in [-0.15, -0.1) is 0 Å². The molecule has 1 unspecified atom stereocenters. The van der Waals surface area contributed by atoms with Crippen LogP contribution in [0.5, 0.6) is 11.5 Å². The highest BCUT2D eigenvalue weighted by atomic mass is 16.7. The maximum Gasteiger partial charge on any atom is 0.231 e. The van der Waals surface area contributed by atoms with Crippen molar-refractivity contribution in [2.75, 3.05) is 6.79 Å². The van der Waals surface area contributed by atoms with Crippen molar-refractivity contribution in [1.29, 1.82) is 0 Å². The molecule has 2 aliphatic rings. The van der Waals surface area contributed by atoms with Crippen LogP contribution in [-0.2, 0) is 13.0 Å². The molecular weight excluding hydrogens is 274 g/mol. The Bertz CT molecular complexity index is 637. The lowest BCUT2D eigenvalue weighted by Gasteiger charge is -2.19. The zero-order valence-electron chi connectivity index (χ0n) is 12.6. The summed E-state index contributed by atoms with van der Waals surface area (Å²) in [5.74, 6) is 2.56. The van der Waals surface area contributed by atoms with Crippen LogP contribution in [0.3, 0.4) is 0 Å². The number of hydrogen-bond donors (Lipinski definition) is 1. The summed E-state index contributed by atoms with van der Waals surface area (Å²) in [6, 6.07) is 17.5. The number of rotatable bonds is 6. The first-order valence-electron chi connectivity index (χ1n) is 8.04. The van der Waals surface area contributed by atoms with Gasteiger partial charge in [0.25, 0.3) is 0 Å². The molecule has 1 fully saturated rings. The molecule has 4 rings (SSSR count). The van der Waals surface area contributed by atoms with E-state index in [2.05, 4.69) is 47.8 Å². The van der Waals surface area contributed by atoms with Crippen LogP contribution in [0.1, 0.15) is 24.0 Å². The highest BCUT2D eigenvalue weighted by molar-refractivity contribution is 5.44. The van der Waals surface area contributed by atoms with Gasteiger partial charge in [0.1, 0.15) is 0 Å². The van der Waals surface area contributed by atoms with E-state index < -0.39 is 0 Å². The van der Waals surface area contributed by atoms with Gasteiger partial charge in [-0.1, -0.05) is 36.4 Å². The first-order chi connectivity index (χ1) is 10.9. The average Bonchev–Trinajstić information content (AvgIpc) is 3.30. The Balaban J connectivity index is 1.42. The van der Waals surface area contributed by atoms with Crippen molar-refractivity contribution in [1.82, 2.24) is 5.32 Å². The van der Waals surface area contributed by atoms with Crippen LogP contribution >= 0.6 is 0 Å². The topological polar surface area (TPSA) is 30.5 Å². The van der Waals surface area contributed by atoms with Crippen molar-refractivity contribution in [2.24, 2.45) is 5.92 Å². The van der Waals surface area contributed by atoms with Gasteiger partial charge in [-0.3, -0.25) is 0 Å². The predicted octanol–water partition coefficient (Wildman–Crippen LogP) is 3.53. The molecule has 0 radical (unpaired) electrons. The minimum Gasteiger partial charge on any atom is -0.454 e. The molecule has 3 heteroatoms. The second-order valence-electron chi connectivity index (χ2n) is 6.20. The summed E-state index contributed by atoms with van der Waals surface area (Å²) < 4.78 is 10.9. The fourth-order valence-corrected chi connectivity index (χ4v) is 3.07. The zero-order chi connectivity index (χ0) is 14.8. The van der Waals surface area contributed by atoms with Gasteiger partial charge in [0.15, 0.2) is 11.5 Å². The van der Waals surface area contributed by atoms with Gasteiger partial charge in [-0.2, -0.15) is 0 Å². The Hall–Kier alpha value is -2.00. The van der Waals surface area contributed by atoms with Crippen LogP contribution in [0.15, 0.2) is 48.5 Å². The van der Waals surface area contributed by atoms with E-state index in [1.165, 1.54) is 24.0 Å². The van der Waals surface area contributed by atoms with Gasteiger partial charge >= 0.3 is 0 Å². The lowest BCUT2D eigenvalue weighted by atomic mass is 10.0. The summed E-state index contributed by atoms with van der Waals surface area (Å²) in [4.78, 5) is 0. The van der Waals surface area contributed by atoms with Crippen LogP contribution < -0.4 is 14.8 Å². The summed E-state index contributed by atoms with van der Waals surface area (Å²) in [5.41, 5.74) is 2.67. The number of nitrogens with one attached hydrogen (secondary N) is 1. The molecule has 114 valence electrons. The van der Waals surface area contributed by atoms with Crippen molar-refractivity contribution < 1.29 is 9.47 Å². The highest BCUT2D eigenvalue weighted by Crippen LogP contribution is 2.36. The van der Waals surface area contributed by atoms with Crippen LogP contribution in [-0.4, -0.2) is 12.8 Å². The largest absolute Gasteiger partial charge is 0.454 e. The van der Waals surface area contributed by atoms with Crippen LogP contribution in [0.25, 0.3) is 0 Å². The lowest BCUT2D eigenvalue weighted by Crippen LogP contribution is -2.32. The van der Waals surface area contributed by atoms with Crippen molar-refractivity contribution in [2.45, 2.75) is 31.8 Å². The summed E-state index contributed by atoms with van der Waals surface area (Å²) in [7, 11) is 0. The van der Waals surface area contributed by atoms with E-state index in [-0.39, 0.29) is 0 Å². The average molecular weight is 295 g/mol. The minimum absolute atomic E-state index is 0.344. The zero-order valence-corrected chi connectivity index (χ0v) is 12.6. The van der Waals surface area contributed by atoms with Crippen molar-refractivity contribution in [3.05, 3.63) is 59.7 Å². The van der Waals surface area contributed by atoms with Gasteiger partial charge in [-0.25, -0.2) is 0 Å². The van der Waals surface area contributed by atoms with E-state index in [4.69, 9.17) is 9.47 Å². The molecule has 1 aliphatic carbocycles. The van der Waals surface area contributed by atoms with Crippen LogP contribution in [0.2, 0.25) is 0 Å². The molecule has 3 nitrogen and oxygen atoms in total. The summed E-state index contributed by atoms with van der Waals surface area (Å²) in [5, 5.41) is 3.74. The standard InChI is InChI=1S/C19H21NO2/c1-2-4-14(5-3-1)12-20-17(16-7-8-16)10-15-6-9-18-19(11-15)22-13-21-18/h1-6,9,11,16-17,20H,7-8,10,12-13H2. The van der Waals surface area contributed by atoms with E-state index in [0.717, 1.165) is 30.4 Å². The normalized spacial score (nSPS) is 17.5. The molecular formula is C19H21NO2. The SMILES string of the molecule is c1ccc(CNC(Cc2ccc3c(c2)OCO3)C2CC2)cc1. The Labute approximate surface area is 131 Å².